The minimum Gasteiger partial charge on any atom is -0.506 e. The molecule has 32 heavy (non-hydrogen) atoms. The average Bonchev–Trinajstić information content (AvgIpc) is 3.08. The van der Waals surface area contributed by atoms with Gasteiger partial charge in [-0.1, -0.05) is 60.3 Å². The van der Waals surface area contributed by atoms with Gasteiger partial charge in [0.25, 0.3) is 5.91 Å². The van der Waals surface area contributed by atoms with Gasteiger partial charge in [0.1, 0.15) is 28.7 Å². The summed E-state index contributed by atoms with van der Waals surface area (Å²) < 4.78 is 10.5. The third kappa shape index (κ3) is 5.49. The molecule has 1 N–H and O–H groups in total. The smallest absolute Gasteiger partial charge is 0.344 e. The maximum atomic E-state index is 12.6. The van der Waals surface area contributed by atoms with E-state index in [1.807, 2.05) is 0 Å². The number of amides is 1. The second-order valence-corrected chi connectivity index (χ2v) is 7.87. The molecule has 1 heterocycles. The molecule has 0 radical (unpaired) electrons. The van der Waals surface area contributed by atoms with Gasteiger partial charge in [-0.3, -0.25) is 4.79 Å². The predicted molar refractivity (Wildman–Crippen MR) is 127 cm³/mol. The Morgan fingerprint density at radius 1 is 1.22 bits per heavy atom. The van der Waals surface area contributed by atoms with Crippen molar-refractivity contribution in [3.05, 3.63) is 93.6 Å². The van der Waals surface area contributed by atoms with Gasteiger partial charge in [-0.15, -0.1) is 0 Å². The number of hydrogen-bond donors (Lipinski definition) is 1. The fourth-order valence-corrected chi connectivity index (χ4v) is 4.01. The number of esters is 1. The zero-order valence-corrected chi connectivity index (χ0v) is 18.8. The first-order chi connectivity index (χ1) is 15.4. The molecule has 0 spiro atoms. The monoisotopic (exact) mass is 469 g/mol. The van der Waals surface area contributed by atoms with E-state index in [-0.39, 0.29) is 23.0 Å². The zero-order valence-electron chi connectivity index (χ0n) is 17.2. The van der Waals surface area contributed by atoms with Crippen molar-refractivity contribution in [3.63, 3.8) is 0 Å². The van der Waals surface area contributed by atoms with Crippen molar-refractivity contribution in [2.45, 2.75) is 6.92 Å². The Bertz CT molecular complexity index is 1140. The molecule has 1 amide bonds. The Morgan fingerprint density at radius 3 is 2.62 bits per heavy atom. The standard InChI is InChI=1S/C24H20ClNO5S/c1-3-12-31-18-11-10-15(13-17(18)25)14-19-21(27)20(24(29)30-4-2)23(32-19)26-22(28)16-8-6-5-7-9-16/h3,5-11,13-14,27H,1,4,12H2,2H3. The van der Waals surface area contributed by atoms with Crippen molar-refractivity contribution in [2.24, 2.45) is 4.99 Å². The van der Waals surface area contributed by atoms with Gasteiger partial charge in [0.05, 0.1) is 16.5 Å². The van der Waals surface area contributed by atoms with Crippen LogP contribution < -0.4 is 4.74 Å². The highest BCUT2D eigenvalue weighted by molar-refractivity contribution is 8.18. The van der Waals surface area contributed by atoms with Gasteiger partial charge in [0.2, 0.25) is 0 Å². The van der Waals surface area contributed by atoms with Gasteiger partial charge in [0, 0.05) is 5.56 Å². The molecule has 8 heteroatoms. The van der Waals surface area contributed by atoms with Gasteiger partial charge in [-0.2, -0.15) is 0 Å². The van der Waals surface area contributed by atoms with Gasteiger partial charge >= 0.3 is 5.97 Å². The average molecular weight is 470 g/mol. The van der Waals surface area contributed by atoms with E-state index in [4.69, 9.17) is 21.1 Å². The summed E-state index contributed by atoms with van der Waals surface area (Å²) in [5, 5.41) is 11.2. The summed E-state index contributed by atoms with van der Waals surface area (Å²) in [4.78, 5) is 29.4. The van der Waals surface area contributed by atoms with Crippen molar-refractivity contribution in [1.29, 1.82) is 0 Å². The Balaban J connectivity index is 1.96. The van der Waals surface area contributed by atoms with E-state index < -0.39 is 11.9 Å². The van der Waals surface area contributed by atoms with Crippen LogP contribution in [0.15, 0.2) is 82.4 Å². The van der Waals surface area contributed by atoms with E-state index in [9.17, 15) is 14.7 Å². The van der Waals surface area contributed by atoms with Crippen LogP contribution >= 0.6 is 23.4 Å². The first-order valence-electron chi connectivity index (χ1n) is 9.66. The van der Waals surface area contributed by atoms with Crippen LogP contribution in [0.25, 0.3) is 6.08 Å². The van der Waals surface area contributed by atoms with Crippen molar-refractivity contribution >= 4 is 46.4 Å². The minimum atomic E-state index is -0.758. The number of halogens is 1. The summed E-state index contributed by atoms with van der Waals surface area (Å²) in [5.41, 5.74) is 0.876. The third-order valence-corrected chi connectivity index (χ3v) is 5.52. The molecular formula is C24H20ClNO5S. The lowest BCUT2D eigenvalue weighted by Gasteiger charge is -2.06. The van der Waals surface area contributed by atoms with Crippen LogP contribution in [0.1, 0.15) is 22.8 Å². The first kappa shape index (κ1) is 23.4. The number of aliphatic imine (C=N–C) groups is 1. The lowest BCUT2D eigenvalue weighted by atomic mass is 10.1. The van der Waals surface area contributed by atoms with E-state index in [0.29, 0.717) is 33.4 Å². The van der Waals surface area contributed by atoms with E-state index in [0.717, 1.165) is 11.8 Å². The van der Waals surface area contributed by atoms with E-state index in [1.54, 1.807) is 67.6 Å². The zero-order chi connectivity index (χ0) is 23.1. The molecule has 0 bridgehead atoms. The topological polar surface area (TPSA) is 85.2 Å². The predicted octanol–water partition coefficient (Wildman–Crippen LogP) is 5.61. The van der Waals surface area contributed by atoms with Gasteiger partial charge in [0.15, 0.2) is 0 Å². The highest BCUT2D eigenvalue weighted by Crippen LogP contribution is 2.40. The summed E-state index contributed by atoms with van der Waals surface area (Å²) in [6, 6.07) is 13.6. The van der Waals surface area contributed by atoms with E-state index in [2.05, 4.69) is 11.6 Å². The molecule has 0 aliphatic carbocycles. The molecule has 164 valence electrons. The fourth-order valence-electron chi connectivity index (χ4n) is 2.75. The molecule has 0 aromatic heterocycles. The highest BCUT2D eigenvalue weighted by atomic mass is 35.5. The second kappa shape index (κ2) is 10.8. The molecule has 3 rings (SSSR count). The number of thioether (sulfide) groups is 1. The summed E-state index contributed by atoms with van der Waals surface area (Å²) in [7, 11) is 0. The summed E-state index contributed by atoms with van der Waals surface area (Å²) >= 11 is 7.26. The van der Waals surface area contributed by atoms with Crippen LogP contribution in [-0.4, -0.2) is 35.2 Å². The van der Waals surface area contributed by atoms with Crippen LogP contribution in [0, 0.1) is 0 Å². The number of carbonyl (C=O) groups excluding carboxylic acids is 2. The second-order valence-electron chi connectivity index (χ2n) is 6.43. The van der Waals surface area contributed by atoms with Crippen LogP contribution in [0.3, 0.4) is 0 Å². The third-order valence-electron chi connectivity index (χ3n) is 4.20. The summed E-state index contributed by atoms with van der Waals surface area (Å²) in [6.07, 6.45) is 3.25. The number of benzene rings is 2. The maximum Gasteiger partial charge on any atom is 0.344 e. The molecule has 1 aliphatic rings. The van der Waals surface area contributed by atoms with Gasteiger partial charge in [-0.05, 0) is 42.8 Å². The Kier molecular flexibility index (Phi) is 7.92. The van der Waals surface area contributed by atoms with Crippen molar-refractivity contribution < 1.29 is 24.2 Å². The number of carbonyl (C=O) groups is 2. The summed E-state index contributed by atoms with van der Waals surface area (Å²) in [6.45, 7) is 5.68. The lowest BCUT2D eigenvalue weighted by Crippen LogP contribution is -2.14. The maximum absolute atomic E-state index is 12.6. The largest absolute Gasteiger partial charge is 0.506 e. The molecule has 6 nitrogen and oxygen atoms in total. The number of rotatable bonds is 7. The van der Waals surface area contributed by atoms with Crippen LogP contribution in [0.2, 0.25) is 5.02 Å². The molecule has 1 aliphatic heterocycles. The number of aliphatic hydroxyl groups excluding tert-OH is 1. The molecule has 0 atom stereocenters. The Morgan fingerprint density at radius 2 is 1.97 bits per heavy atom. The summed E-state index contributed by atoms with van der Waals surface area (Å²) in [5.74, 6) is -1.10. The molecule has 0 fully saturated rings. The molecule has 2 aromatic carbocycles. The van der Waals surface area contributed by atoms with Crippen LogP contribution in [-0.2, 0) is 9.53 Å². The molecule has 2 aromatic rings. The van der Waals surface area contributed by atoms with Crippen molar-refractivity contribution in [1.82, 2.24) is 0 Å². The minimum absolute atomic E-state index is 0.0677. The van der Waals surface area contributed by atoms with Gasteiger partial charge < -0.3 is 14.6 Å². The normalized spacial score (nSPS) is 15.8. The quantitative estimate of drug-likeness (QED) is 0.419. The Hall–Kier alpha value is -3.29. The van der Waals surface area contributed by atoms with Crippen molar-refractivity contribution in [3.8, 4) is 5.75 Å². The number of hydrogen-bond acceptors (Lipinski definition) is 6. The van der Waals surface area contributed by atoms with Crippen LogP contribution in [0.5, 0.6) is 5.75 Å². The first-order valence-corrected chi connectivity index (χ1v) is 10.9. The van der Waals surface area contributed by atoms with Crippen LogP contribution in [0.4, 0.5) is 0 Å². The molecule has 0 unspecified atom stereocenters. The van der Waals surface area contributed by atoms with Crippen molar-refractivity contribution in [2.75, 3.05) is 13.2 Å². The number of nitrogens with zero attached hydrogens (tertiary/aromatic N) is 1. The molecule has 0 saturated heterocycles. The van der Waals surface area contributed by atoms with E-state index in [1.165, 1.54) is 0 Å². The number of aliphatic hydroxyl groups is 1. The highest BCUT2D eigenvalue weighted by Gasteiger charge is 2.34. The number of ether oxygens (including phenoxy) is 2. The SMILES string of the molecule is C=CCOc1ccc(C=C2SC(=NC(=O)c3ccccc3)C(C(=O)OCC)=C2O)cc1Cl. The van der Waals surface area contributed by atoms with Gasteiger partial charge in [-0.25, -0.2) is 9.79 Å². The Labute approximate surface area is 194 Å². The van der Waals surface area contributed by atoms with E-state index >= 15 is 0 Å². The molecule has 0 saturated carbocycles. The molecular weight excluding hydrogens is 450 g/mol. The lowest BCUT2D eigenvalue weighted by molar-refractivity contribution is -0.138. The fraction of sp³-hybridized carbons (Fsp3) is 0.125.